The van der Waals surface area contributed by atoms with Gasteiger partial charge in [0.15, 0.2) is 0 Å². The van der Waals surface area contributed by atoms with E-state index < -0.39 is 0 Å². The first kappa shape index (κ1) is 11.5. The van der Waals surface area contributed by atoms with Crippen LogP contribution in [0.2, 0.25) is 0 Å². The average molecular weight is 236 g/mol. The van der Waals surface area contributed by atoms with Crippen molar-refractivity contribution in [3.63, 3.8) is 0 Å². The van der Waals surface area contributed by atoms with Crippen LogP contribution in [-0.4, -0.2) is 36.5 Å². The van der Waals surface area contributed by atoms with Gasteiger partial charge < -0.3 is 10.2 Å². The molecule has 96 valence electrons. The van der Waals surface area contributed by atoms with Gasteiger partial charge in [-0.1, -0.05) is 13.3 Å². The van der Waals surface area contributed by atoms with Crippen molar-refractivity contribution in [2.24, 2.45) is 17.8 Å². The minimum Gasteiger partial charge on any atom is -0.341 e. The maximum Gasteiger partial charge on any atom is 0.240 e. The molecule has 4 atom stereocenters. The second kappa shape index (κ2) is 4.60. The van der Waals surface area contributed by atoms with Gasteiger partial charge in [-0.25, -0.2) is 0 Å². The Hall–Kier alpha value is -0.570. The van der Waals surface area contributed by atoms with Crippen LogP contribution in [0.3, 0.4) is 0 Å². The molecule has 0 aromatic carbocycles. The van der Waals surface area contributed by atoms with Crippen LogP contribution < -0.4 is 5.32 Å². The van der Waals surface area contributed by atoms with Crippen LogP contribution in [0.4, 0.5) is 0 Å². The lowest BCUT2D eigenvalue weighted by Crippen LogP contribution is -2.52. The molecule has 1 aliphatic carbocycles. The van der Waals surface area contributed by atoms with Crippen molar-refractivity contribution in [3.05, 3.63) is 0 Å². The molecule has 2 saturated heterocycles. The molecule has 4 unspecified atom stereocenters. The van der Waals surface area contributed by atoms with Crippen LogP contribution in [-0.2, 0) is 4.79 Å². The standard InChI is InChI=1S/C14H24N2O/c1-10-5-6-15-13(10)14(17)16-8-11-3-2-4-12(7-11)9-16/h10-13,15H,2-9H2,1H3. The number of likely N-dealkylation sites (tertiary alicyclic amines) is 1. The van der Waals surface area contributed by atoms with Crippen molar-refractivity contribution >= 4 is 5.91 Å². The fraction of sp³-hybridized carbons (Fsp3) is 0.929. The summed E-state index contributed by atoms with van der Waals surface area (Å²) in [5.74, 6) is 2.49. The normalized spacial score (nSPS) is 41.6. The van der Waals surface area contributed by atoms with Gasteiger partial charge in [-0.05, 0) is 50.0 Å². The van der Waals surface area contributed by atoms with Gasteiger partial charge >= 0.3 is 0 Å². The zero-order chi connectivity index (χ0) is 11.8. The number of fused-ring (bicyclic) bond motifs is 2. The van der Waals surface area contributed by atoms with Gasteiger partial charge in [0.05, 0.1) is 6.04 Å². The third-order valence-corrected chi connectivity index (χ3v) is 4.96. The molecule has 0 aromatic heterocycles. The molecule has 3 nitrogen and oxygen atoms in total. The lowest BCUT2D eigenvalue weighted by molar-refractivity contribution is -0.137. The van der Waals surface area contributed by atoms with Crippen molar-refractivity contribution in [1.29, 1.82) is 0 Å². The highest BCUT2D eigenvalue weighted by molar-refractivity contribution is 5.82. The Labute approximate surface area is 104 Å². The largest absolute Gasteiger partial charge is 0.341 e. The van der Waals surface area contributed by atoms with E-state index in [2.05, 4.69) is 17.1 Å². The Bertz CT molecular complexity index is 293. The number of nitrogens with one attached hydrogen (secondary N) is 1. The Balaban J connectivity index is 1.65. The molecular weight excluding hydrogens is 212 g/mol. The summed E-state index contributed by atoms with van der Waals surface area (Å²) in [7, 11) is 0. The first-order valence-electron chi connectivity index (χ1n) is 7.26. The smallest absolute Gasteiger partial charge is 0.240 e. The van der Waals surface area contributed by atoms with E-state index in [-0.39, 0.29) is 6.04 Å². The van der Waals surface area contributed by atoms with Gasteiger partial charge in [-0.3, -0.25) is 4.79 Å². The fourth-order valence-corrected chi connectivity index (χ4v) is 3.97. The Kier molecular flexibility index (Phi) is 3.12. The predicted molar refractivity (Wildman–Crippen MR) is 67.6 cm³/mol. The van der Waals surface area contributed by atoms with Crippen LogP contribution >= 0.6 is 0 Å². The number of piperidine rings is 1. The van der Waals surface area contributed by atoms with Crippen molar-refractivity contribution in [2.45, 2.75) is 45.1 Å². The summed E-state index contributed by atoms with van der Waals surface area (Å²) < 4.78 is 0. The van der Waals surface area contributed by atoms with Crippen LogP contribution in [0.25, 0.3) is 0 Å². The molecule has 1 N–H and O–H groups in total. The monoisotopic (exact) mass is 236 g/mol. The van der Waals surface area contributed by atoms with Gasteiger partial charge in [0.1, 0.15) is 0 Å². The molecule has 3 rings (SSSR count). The highest BCUT2D eigenvalue weighted by Gasteiger charge is 2.37. The Morgan fingerprint density at radius 1 is 1.18 bits per heavy atom. The molecule has 2 bridgehead atoms. The molecule has 3 fully saturated rings. The van der Waals surface area contributed by atoms with E-state index in [1.165, 1.54) is 25.7 Å². The molecule has 2 heterocycles. The average Bonchev–Trinajstić information content (AvgIpc) is 2.74. The number of amides is 1. The summed E-state index contributed by atoms with van der Waals surface area (Å²) in [5, 5.41) is 3.38. The summed E-state index contributed by atoms with van der Waals surface area (Å²) in [6.45, 7) is 5.27. The minimum atomic E-state index is 0.105. The SMILES string of the molecule is CC1CCNC1C(=O)N1CC2CCCC(C2)C1. The predicted octanol–water partition coefficient (Wildman–Crippen LogP) is 1.63. The second-order valence-corrected chi connectivity index (χ2v) is 6.34. The van der Waals surface area contributed by atoms with Gasteiger partial charge in [0, 0.05) is 13.1 Å². The molecule has 1 saturated carbocycles. The summed E-state index contributed by atoms with van der Waals surface area (Å²) in [4.78, 5) is 14.7. The highest BCUT2D eigenvalue weighted by Crippen LogP contribution is 2.35. The lowest BCUT2D eigenvalue weighted by atomic mass is 9.77. The van der Waals surface area contributed by atoms with Gasteiger partial charge in [-0.15, -0.1) is 0 Å². The van der Waals surface area contributed by atoms with E-state index >= 15 is 0 Å². The van der Waals surface area contributed by atoms with Crippen LogP contribution in [0, 0.1) is 17.8 Å². The Morgan fingerprint density at radius 2 is 1.88 bits per heavy atom. The lowest BCUT2D eigenvalue weighted by Gasteiger charge is -2.42. The molecule has 17 heavy (non-hydrogen) atoms. The maximum atomic E-state index is 12.5. The molecule has 3 heteroatoms. The van der Waals surface area contributed by atoms with E-state index in [0.717, 1.165) is 37.9 Å². The first-order chi connectivity index (χ1) is 8.24. The summed E-state index contributed by atoms with van der Waals surface area (Å²) in [6.07, 6.45) is 6.59. The van der Waals surface area contributed by atoms with Crippen LogP contribution in [0.15, 0.2) is 0 Å². The zero-order valence-corrected chi connectivity index (χ0v) is 10.8. The van der Waals surface area contributed by atoms with Gasteiger partial charge in [0.2, 0.25) is 5.91 Å². The third-order valence-electron chi connectivity index (χ3n) is 4.96. The Morgan fingerprint density at radius 3 is 2.47 bits per heavy atom. The maximum absolute atomic E-state index is 12.5. The van der Waals surface area contributed by atoms with Crippen molar-refractivity contribution in [3.8, 4) is 0 Å². The summed E-state index contributed by atoms with van der Waals surface area (Å²) >= 11 is 0. The fourth-order valence-electron chi connectivity index (χ4n) is 3.97. The quantitative estimate of drug-likeness (QED) is 0.750. The molecule has 0 spiro atoms. The number of nitrogens with zero attached hydrogens (tertiary/aromatic N) is 1. The van der Waals surface area contributed by atoms with Gasteiger partial charge in [-0.2, -0.15) is 0 Å². The number of carbonyl (C=O) groups is 1. The summed E-state index contributed by atoms with van der Waals surface area (Å²) in [6, 6.07) is 0.105. The molecule has 0 aromatic rings. The zero-order valence-electron chi connectivity index (χ0n) is 10.8. The van der Waals surface area contributed by atoms with E-state index in [1.807, 2.05) is 0 Å². The minimum absolute atomic E-state index is 0.105. The van der Waals surface area contributed by atoms with Crippen LogP contribution in [0.1, 0.15) is 39.0 Å². The van der Waals surface area contributed by atoms with E-state index in [1.54, 1.807) is 0 Å². The van der Waals surface area contributed by atoms with E-state index in [9.17, 15) is 4.79 Å². The van der Waals surface area contributed by atoms with Crippen molar-refractivity contribution < 1.29 is 4.79 Å². The van der Waals surface area contributed by atoms with Crippen molar-refractivity contribution in [2.75, 3.05) is 19.6 Å². The number of carbonyl (C=O) groups excluding carboxylic acids is 1. The third kappa shape index (κ3) is 2.22. The van der Waals surface area contributed by atoms with Crippen molar-refractivity contribution in [1.82, 2.24) is 10.2 Å². The topological polar surface area (TPSA) is 32.3 Å². The van der Waals surface area contributed by atoms with E-state index in [4.69, 9.17) is 0 Å². The molecule has 1 amide bonds. The second-order valence-electron chi connectivity index (χ2n) is 6.34. The molecule has 0 radical (unpaired) electrons. The number of rotatable bonds is 1. The number of hydrogen-bond donors (Lipinski definition) is 1. The van der Waals surface area contributed by atoms with E-state index in [0.29, 0.717) is 11.8 Å². The highest BCUT2D eigenvalue weighted by atomic mass is 16.2. The van der Waals surface area contributed by atoms with Crippen LogP contribution in [0.5, 0.6) is 0 Å². The van der Waals surface area contributed by atoms with Gasteiger partial charge in [0.25, 0.3) is 0 Å². The molecular formula is C14H24N2O. The molecule has 2 aliphatic heterocycles. The summed E-state index contributed by atoms with van der Waals surface area (Å²) in [5.41, 5.74) is 0. The first-order valence-corrected chi connectivity index (χ1v) is 7.26. The molecule has 3 aliphatic rings. The number of hydrogen-bond acceptors (Lipinski definition) is 2.